The van der Waals surface area contributed by atoms with Crippen molar-refractivity contribution in [2.24, 2.45) is 0 Å². The number of fused-ring (bicyclic) bond motifs is 2. The highest BCUT2D eigenvalue weighted by atomic mass is 19.4. The quantitative estimate of drug-likeness (QED) is 0.0851. The second kappa shape index (κ2) is 21.4. The van der Waals surface area contributed by atoms with Crippen LogP contribution in [0.1, 0.15) is 57.8 Å². The molecule has 24 heteroatoms. The van der Waals surface area contributed by atoms with E-state index in [2.05, 4.69) is 21.3 Å². The molecular weight excluding hydrogens is 949 g/mol. The number of benzene rings is 4. The number of nitrogens with one attached hydrogen (secondary N) is 4. The SMILES string of the molecule is COc1c(NC(=O)N[C@@H]2Cc3c(F)cccc3[C@@H]2O)cc(N2CCOCC2)cc1[C@@H](O)C(F)(F)F.COc1c(NC(=O)N[C@@H]2Cc3c(F)cccc3[C@@H]2O)cc(N2CCOCC2)cc1[C@H](O)C(F)(F)F. The van der Waals surface area contributed by atoms with Gasteiger partial charge < -0.3 is 70.4 Å². The molecule has 2 aliphatic carbocycles. The van der Waals surface area contributed by atoms with Gasteiger partial charge in [0.15, 0.2) is 12.2 Å². The highest BCUT2D eigenvalue weighted by molar-refractivity contribution is 5.93. The molecular formula is C46H50F8N6O10. The van der Waals surface area contributed by atoms with Gasteiger partial charge in [0.05, 0.1) is 76.3 Å². The third-order valence-corrected chi connectivity index (χ3v) is 12.3. The predicted molar refractivity (Wildman–Crippen MR) is 236 cm³/mol. The molecule has 4 aliphatic rings. The molecule has 16 nitrogen and oxygen atoms in total. The summed E-state index contributed by atoms with van der Waals surface area (Å²) in [4.78, 5) is 29.1. The number of aliphatic hydroxyl groups is 4. The van der Waals surface area contributed by atoms with Gasteiger partial charge in [-0.25, -0.2) is 18.4 Å². The Labute approximate surface area is 395 Å². The number of alkyl halides is 6. The Hall–Kier alpha value is -6.18. The van der Waals surface area contributed by atoms with Crippen LogP contribution in [-0.2, 0) is 22.3 Å². The second-order valence-electron chi connectivity index (χ2n) is 16.6. The van der Waals surface area contributed by atoms with E-state index in [9.17, 15) is 65.1 Å². The Balaban J connectivity index is 0.000000206. The van der Waals surface area contributed by atoms with Crippen LogP contribution in [0.3, 0.4) is 0 Å². The Morgan fingerprint density at radius 3 is 1.30 bits per heavy atom. The van der Waals surface area contributed by atoms with Crippen molar-refractivity contribution < 1.29 is 84.1 Å². The molecule has 8 N–H and O–H groups in total. The van der Waals surface area contributed by atoms with Crippen molar-refractivity contribution in [1.82, 2.24) is 10.6 Å². The second-order valence-corrected chi connectivity index (χ2v) is 16.6. The lowest BCUT2D eigenvalue weighted by molar-refractivity contribution is -0.207. The van der Waals surface area contributed by atoms with E-state index in [1.165, 1.54) is 48.5 Å². The van der Waals surface area contributed by atoms with Crippen molar-refractivity contribution in [3.63, 3.8) is 0 Å². The first-order chi connectivity index (χ1) is 33.2. The Morgan fingerprint density at radius 1 is 0.629 bits per heavy atom. The zero-order valence-electron chi connectivity index (χ0n) is 37.5. The van der Waals surface area contributed by atoms with E-state index >= 15 is 0 Å². The van der Waals surface area contributed by atoms with Crippen LogP contribution < -0.4 is 40.5 Å². The fourth-order valence-corrected chi connectivity index (χ4v) is 8.83. The van der Waals surface area contributed by atoms with Crippen LogP contribution in [0.5, 0.6) is 11.5 Å². The molecule has 4 aromatic carbocycles. The highest BCUT2D eigenvalue weighted by Crippen LogP contribution is 2.45. The molecule has 2 fully saturated rings. The molecule has 0 radical (unpaired) electrons. The number of hydrogen-bond donors (Lipinski definition) is 8. The first-order valence-electron chi connectivity index (χ1n) is 21.8. The van der Waals surface area contributed by atoms with Gasteiger partial charge in [0.1, 0.15) is 23.1 Å². The Morgan fingerprint density at radius 2 is 0.986 bits per heavy atom. The number of carbonyl (C=O) groups excluding carboxylic acids is 2. The summed E-state index contributed by atoms with van der Waals surface area (Å²) in [5.41, 5.74) is 0.614. The first kappa shape index (κ1) is 51.7. The lowest BCUT2D eigenvalue weighted by Crippen LogP contribution is -2.40. The zero-order chi connectivity index (χ0) is 50.7. The lowest BCUT2D eigenvalue weighted by atomic mass is 10.0. The normalized spacial score (nSPS) is 20.8. The van der Waals surface area contributed by atoms with Crippen molar-refractivity contribution in [3.05, 3.63) is 106 Å². The van der Waals surface area contributed by atoms with E-state index in [0.29, 0.717) is 75.1 Å². The number of urea groups is 2. The fourth-order valence-electron chi connectivity index (χ4n) is 8.83. The summed E-state index contributed by atoms with van der Waals surface area (Å²) in [5, 5.41) is 51.0. The van der Waals surface area contributed by atoms with Gasteiger partial charge >= 0.3 is 24.4 Å². The first-order valence-corrected chi connectivity index (χ1v) is 21.8. The van der Waals surface area contributed by atoms with Crippen LogP contribution in [-0.4, -0.2) is 124 Å². The Kier molecular flexibility index (Phi) is 15.8. The lowest BCUT2D eigenvalue weighted by Gasteiger charge is -2.31. The molecule has 2 saturated heterocycles. The topological polar surface area (TPSA) is 207 Å². The number of halogens is 8. The van der Waals surface area contributed by atoms with Gasteiger partial charge in [-0.2, -0.15) is 26.3 Å². The molecule has 0 saturated carbocycles. The summed E-state index contributed by atoms with van der Waals surface area (Å²) >= 11 is 0. The van der Waals surface area contributed by atoms with Crippen molar-refractivity contribution >= 4 is 34.8 Å². The monoisotopic (exact) mass is 998 g/mol. The number of hydrogen-bond acceptors (Lipinski definition) is 12. The maximum atomic E-state index is 14.1. The standard InChI is InChI=1S/2C23H25F4N3O5/c2*1-34-20-15(21(32)23(25,26)27)9-12(30-5-7-35-8-6-30)10-18(20)29-22(33)28-17-11-14-13(19(17)31)3-2-4-16(14)24/h2*2-4,9-10,17,19,21,31-32H,5-8,11H2,1H3,(H2,28,29,33)/t17-,19+,21+;17-,19+,21-/m11/s1. The van der Waals surface area contributed by atoms with Crippen molar-refractivity contribution in [1.29, 1.82) is 0 Å². The summed E-state index contributed by atoms with van der Waals surface area (Å²) in [5.74, 6) is -1.72. The minimum Gasteiger partial charge on any atom is -0.494 e. The number of carbonyl (C=O) groups is 2. The van der Waals surface area contributed by atoms with Crippen LogP contribution in [0.15, 0.2) is 60.7 Å². The van der Waals surface area contributed by atoms with Crippen LogP contribution in [0.2, 0.25) is 0 Å². The number of ether oxygens (including phenoxy) is 4. The maximum absolute atomic E-state index is 14.1. The predicted octanol–water partition coefficient (Wildman–Crippen LogP) is 6.09. The molecule has 0 aromatic heterocycles. The molecule has 4 aromatic rings. The van der Waals surface area contributed by atoms with Gasteiger partial charge in [0.25, 0.3) is 0 Å². The van der Waals surface area contributed by atoms with Crippen LogP contribution in [0, 0.1) is 11.6 Å². The smallest absolute Gasteiger partial charge is 0.418 e. The number of morpholine rings is 2. The maximum Gasteiger partial charge on any atom is 0.418 e. The van der Waals surface area contributed by atoms with Crippen molar-refractivity contribution in [2.45, 2.75) is 61.7 Å². The van der Waals surface area contributed by atoms with Gasteiger partial charge in [0.2, 0.25) is 0 Å². The van der Waals surface area contributed by atoms with E-state index in [0.717, 1.165) is 14.2 Å². The highest BCUT2D eigenvalue weighted by Gasteiger charge is 2.44. The molecule has 2 aliphatic heterocycles. The third-order valence-electron chi connectivity index (χ3n) is 12.3. The number of aliphatic hydroxyl groups excluding tert-OH is 4. The van der Waals surface area contributed by atoms with E-state index in [-0.39, 0.29) is 46.8 Å². The van der Waals surface area contributed by atoms with E-state index in [1.54, 1.807) is 21.9 Å². The van der Waals surface area contributed by atoms with E-state index in [1.807, 2.05) is 0 Å². The van der Waals surface area contributed by atoms with Crippen LogP contribution in [0.4, 0.5) is 67.5 Å². The van der Waals surface area contributed by atoms with Crippen molar-refractivity contribution in [3.8, 4) is 11.5 Å². The van der Waals surface area contributed by atoms with Gasteiger partial charge in [-0.05, 0) is 71.5 Å². The van der Waals surface area contributed by atoms with E-state index < -0.39 is 83.7 Å². The number of rotatable bonds is 10. The number of methoxy groups -OCH3 is 2. The summed E-state index contributed by atoms with van der Waals surface area (Å²) < 4.78 is 129. The number of anilines is 4. The van der Waals surface area contributed by atoms with Crippen molar-refractivity contribution in [2.75, 3.05) is 87.3 Å². The molecule has 70 heavy (non-hydrogen) atoms. The molecule has 2 heterocycles. The van der Waals surface area contributed by atoms with Gasteiger partial charge in [-0.15, -0.1) is 0 Å². The molecule has 6 atom stereocenters. The van der Waals surface area contributed by atoms with E-state index in [4.69, 9.17) is 18.9 Å². The number of amides is 4. The Bertz CT molecular complexity index is 2350. The van der Waals surface area contributed by atoms with Gasteiger partial charge in [-0.3, -0.25) is 0 Å². The number of nitrogens with zero attached hydrogens (tertiary/aromatic N) is 2. The summed E-state index contributed by atoms with van der Waals surface area (Å²) in [7, 11) is 2.25. The summed E-state index contributed by atoms with van der Waals surface area (Å²) in [6.07, 6.45) is -17.9. The zero-order valence-corrected chi connectivity index (χ0v) is 37.5. The molecule has 0 spiro atoms. The minimum atomic E-state index is -4.97. The minimum absolute atomic E-state index is 0.0413. The van der Waals surface area contributed by atoms with Gasteiger partial charge in [0, 0.05) is 48.7 Å². The largest absolute Gasteiger partial charge is 0.494 e. The molecule has 380 valence electrons. The fraction of sp³-hybridized carbons (Fsp3) is 0.435. The van der Waals surface area contributed by atoms with Crippen LogP contribution >= 0.6 is 0 Å². The molecule has 0 unspecified atom stereocenters. The average molecular weight is 999 g/mol. The van der Waals surface area contributed by atoms with Crippen LogP contribution in [0.25, 0.3) is 0 Å². The molecule has 0 bridgehead atoms. The molecule has 4 amide bonds. The third kappa shape index (κ3) is 11.4. The molecule has 8 rings (SSSR count). The average Bonchev–Trinajstić information content (AvgIpc) is 3.83. The summed E-state index contributed by atoms with van der Waals surface area (Å²) in [6, 6.07) is 10.4. The summed E-state index contributed by atoms with van der Waals surface area (Å²) in [6.45, 7) is 3.06. The van der Waals surface area contributed by atoms with Gasteiger partial charge in [-0.1, -0.05) is 24.3 Å².